The Balaban J connectivity index is 1.68. The molecule has 0 aromatic heterocycles. The number of nitrogens with zero attached hydrogens (tertiary/aromatic N) is 1. The van der Waals surface area contributed by atoms with E-state index < -0.39 is 21.8 Å². The fraction of sp³-hybridized carbons (Fsp3) is 0.0476. The van der Waals surface area contributed by atoms with Crippen LogP contribution in [0.2, 0.25) is 0 Å². The maximum Gasteiger partial charge on any atom is 0.266 e. The molecule has 7 heteroatoms. The molecule has 3 aromatic carbocycles. The van der Waals surface area contributed by atoms with Gasteiger partial charge in [-0.25, -0.2) is 13.3 Å². The highest BCUT2D eigenvalue weighted by Gasteiger charge is 2.36. The summed E-state index contributed by atoms with van der Waals surface area (Å²) in [5.74, 6) is -0.862. The lowest BCUT2D eigenvalue weighted by Crippen LogP contribution is -2.29. The minimum absolute atomic E-state index is 0.168. The Morgan fingerprint density at radius 1 is 0.786 bits per heavy atom. The molecular weight excluding hydrogens is 376 g/mol. The lowest BCUT2D eigenvalue weighted by Gasteiger charge is -2.16. The van der Waals surface area contributed by atoms with Crippen molar-refractivity contribution < 1.29 is 18.0 Å². The van der Waals surface area contributed by atoms with Crippen LogP contribution >= 0.6 is 0 Å². The summed E-state index contributed by atoms with van der Waals surface area (Å²) in [5, 5.41) is 0. The summed E-state index contributed by atoms with van der Waals surface area (Å²) in [5.41, 5.74) is 1.84. The van der Waals surface area contributed by atoms with E-state index in [2.05, 4.69) is 4.72 Å². The number of anilines is 2. The molecule has 0 atom stereocenters. The molecule has 140 valence electrons. The number of fused-ring (bicyclic) bond motifs is 1. The zero-order valence-electron chi connectivity index (χ0n) is 14.9. The van der Waals surface area contributed by atoms with Crippen LogP contribution in [-0.4, -0.2) is 20.2 Å². The number of sulfonamides is 1. The first kappa shape index (κ1) is 17.9. The molecule has 0 spiro atoms. The van der Waals surface area contributed by atoms with Crippen molar-refractivity contribution in [3.63, 3.8) is 0 Å². The number of carbonyl (C=O) groups excluding carboxylic acids is 2. The number of rotatable bonds is 4. The molecule has 0 bridgehead atoms. The van der Waals surface area contributed by atoms with Gasteiger partial charge in [0.15, 0.2) is 0 Å². The average Bonchev–Trinajstić information content (AvgIpc) is 2.93. The number of aryl methyl sites for hydroxylation is 1. The van der Waals surface area contributed by atoms with Gasteiger partial charge < -0.3 is 0 Å². The van der Waals surface area contributed by atoms with Crippen molar-refractivity contribution in [2.24, 2.45) is 0 Å². The summed E-state index contributed by atoms with van der Waals surface area (Å²) in [6, 6.07) is 19.4. The Labute approximate surface area is 162 Å². The third-order valence-corrected chi connectivity index (χ3v) is 6.08. The molecular formula is C21H16N2O4S. The Hall–Kier alpha value is -3.45. The molecule has 0 saturated carbocycles. The van der Waals surface area contributed by atoms with Crippen LogP contribution < -0.4 is 9.62 Å². The molecule has 0 saturated heterocycles. The summed E-state index contributed by atoms with van der Waals surface area (Å²) < 4.78 is 27.9. The molecule has 4 rings (SSSR count). The van der Waals surface area contributed by atoms with Gasteiger partial charge in [0, 0.05) is 0 Å². The SMILES string of the molecule is Cc1ccccc1S(=O)(=O)Nc1cccc(N2C(=O)c3ccccc3C2=O)c1. The van der Waals surface area contributed by atoms with Gasteiger partial charge in [0.25, 0.3) is 21.8 Å². The summed E-state index contributed by atoms with van der Waals surface area (Å²) in [7, 11) is -3.80. The second-order valence-corrected chi connectivity index (χ2v) is 8.06. The third-order valence-electron chi connectivity index (χ3n) is 4.53. The molecule has 1 N–H and O–H groups in total. The summed E-state index contributed by atoms with van der Waals surface area (Å²) in [6.45, 7) is 1.71. The Bertz CT molecular complexity index is 1180. The summed E-state index contributed by atoms with van der Waals surface area (Å²) >= 11 is 0. The van der Waals surface area contributed by atoms with Crippen molar-refractivity contribution in [2.45, 2.75) is 11.8 Å². The summed E-state index contributed by atoms with van der Waals surface area (Å²) in [6.07, 6.45) is 0. The van der Waals surface area contributed by atoms with Gasteiger partial charge in [-0.05, 0) is 48.9 Å². The molecule has 2 amide bonds. The van der Waals surface area contributed by atoms with Crippen molar-refractivity contribution in [3.05, 3.63) is 89.5 Å². The van der Waals surface area contributed by atoms with Gasteiger partial charge in [0.1, 0.15) is 0 Å². The van der Waals surface area contributed by atoms with Crippen molar-refractivity contribution in [2.75, 3.05) is 9.62 Å². The average molecular weight is 392 g/mol. The van der Waals surface area contributed by atoms with Gasteiger partial charge in [-0.15, -0.1) is 0 Å². The van der Waals surface area contributed by atoms with Gasteiger partial charge in [0.05, 0.1) is 27.4 Å². The maximum atomic E-state index is 12.7. The highest BCUT2D eigenvalue weighted by Crippen LogP contribution is 2.30. The largest absolute Gasteiger partial charge is 0.280 e. The Morgan fingerprint density at radius 2 is 1.39 bits per heavy atom. The van der Waals surface area contributed by atoms with Crippen LogP contribution in [-0.2, 0) is 10.0 Å². The predicted octanol–water partition coefficient (Wildman–Crippen LogP) is 3.60. The predicted molar refractivity (Wildman–Crippen MR) is 106 cm³/mol. The van der Waals surface area contributed by atoms with Gasteiger partial charge in [-0.1, -0.05) is 36.4 Å². The van der Waals surface area contributed by atoms with Gasteiger partial charge >= 0.3 is 0 Å². The first-order valence-corrected chi connectivity index (χ1v) is 10.0. The van der Waals surface area contributed by atoms with Crippen LogP contribution in [0.1, 0.15) is 26.3 Å². The highest BCUT2D eigenvalue weighted by atomic mass is 32.2. The van der Waals surface area contributed by atoms with E-state index in [0.29, 0.717) is 22.4 Å². The van der Waals surface area contributed by atoms with Crippen molar-refractivity contribution in [1.82, 2.24) is 0 Å². The van der Waals surface area contributed by atoms with Gasteiger partial charge in [-0.3, -0.25) is 14.3 Å². The number of benzene rings is 3. The van der Waals surface area contributed by atoms with E-state index >= 15 is 0 Å². The number of nitrogens with one attached hydrogen (secondary N) is 1. The number of hydrogen-bond acceptors (Lipinski definition) is 4. The van der Waals surface area contributed by atoms with Crippen LogP contribution in [0.15, 0.2) is 77.7 Å². The van der Waals surface area contributed by atoms with Crippen molar-refractivity contribution >= 4 is 33.2 Å². The first-order valence-electron chi connectivity index (χ1n) is 8.55. The molecule has 28 heavy (non-hydrogen) atoms. The highest BCUT2D eigenvalue weighted by molar-refractivity contribution is 7.92. The standard InChI is InChI=1S/C21H16N2O4S/c1-14-7-2-5-12-19(14)28(26,27)22-15-8-6-9-16(13-15)23-20(24)17-10-3-4-11-18(17)21(23)25/h2-13,22H,1H3. The fourth-order valence-corrected chi connectivity index (χ4v) is 4.50. The molecule has 6 nitrogen and oxygen atoms in total. The second kappa shape index (κ2) is 6.61. The number of carbonyl (C=O) groups is 2. The number of amides is 2. The zero-order chi connectivity index (χ0) is 19.9. The topological polar surface area (TPSA) is 83.6 Å². The Morgan fingerprint density at radius 3 is 2.04 bits per heavy atom. The molecule has 0 aliphatic carbocycles. The van der Waals surface area contributed by atoms with Crippen LogP contribution in [0.3, 0.4) is 0 Å². The van der Waals surface area contributed by atoms with Crippen molar-refractivity contribution in [3.8, 4) is 0 Å². The molecule has 3 aromatic rings. The van der Waals surface area contributed by atoms with Crippen LogP contribution in [0, 0.1) is 6.92 Å². The monoisotopic (exact) mass is 392 g/mol. The maximum absolute atomic E-state index is 12.7. The van der Waals surface area contributed by atoms with Crippen LogP contribution in [0.5, 0.6) is 0 Å². The van der Waals surface area contributed by atoms with E-state index in [1.165, 1.54) is 12.1 Å². The first-order chi connectivity index (χ1) is 13.4. The van der Waals surface area contributed by atoms with E-state index in [1.807, 2.05) is 0 Å². The van der Waals surface area contributed by atoms with Crippen molar-refractivity contribution in [1.29, 1.82) is 0 Å². The fourth-order valence-electron chi connectivity index (χ4n) is 3.20. The van der Waals surface area contributed by atoms with E-state index in [4.69, 9.17) is 0 Å². The molecule has 1 heterocycles. The number of imide groups is 1. The van der Waals surface area contributed by atoms with Crippen LogP contribution in [0.4, 0.5) is 11.4 Å². The number of hydrogen-bond donors (Lipinski definition) is 1. The van der Waals surface area contributed by atoms with Crippen LogP contribution in [0.25, 0.3) is 0 Å². The van der Waals surface area contributed by atoms with Gasteiger partial charge in [0.2, 0.25) is 0 Å². The van der Waals surface area contributed by atoms with E-state index in [-0.39, 0.29) is 10.6 Å². The molecule has 0 unspecified atom stereocenters. The zero-order valence-corrected chi connectivity index (χ0v) is 15.7. The van der Waals surface area contributed by atoms with E-state index in [0.717, 1.165) is 4.90 Å². The van der Waals surface area contributed by atoms with Gasteiger partial charge in [-0.2, -0.15) is 0 Å². The molecule has 0 fully saturated rings. The van der Waals surface area contributed by atoms with E-state index in [1.54, 1.807) is 67.6 Å². The molecule has 0 radical (unpaired) electrons. The minimum Gasteiger partial charge on any atom is -0.280 e. The third kappa shape index (κ3) is 2.95. The van der Waals surface area contributed by atoms with E-state index in [9.17, 15) is 18.0 Å². The quantitative estimate of drug-likeness (QED) is 0.688. The Kier molecular flexibility index (Phi) is 4.24. The molecule has 1 aliphatic heterocycles. The lowest BCUT2D eigenvalue weighted by molar-refractivity contribution is 0.0926. The smallest absolute Gasteiger partial charge is 0.266 e. The molecule has 1 aliphatic rings. The lowest BCUT2D eigenvalue weighted by atomic mass is 10.1. The summed E-state index contributed by atoms with van der Waals surface area (Å²) in [4.78, 5) is 26.5. The minimum atomic E-state index is -3.80. The normalized spacial score (nSPS) is 13.5. The second-order valence-electron chi connectivity index (χ2n) is 6.41.